The van der Waals surface area contributed by atoms with E-state index in [1.807, 2.05) is 37.3 Å². The van der Waals surface area contributed by atoms with Crippen LogP contribution in [0.15, 0.2) is 47.6 Å². The number of hydrogen-bond donors (Lipinski definition) is 1. The molecular weight excluding hydrogens is 244 g/mol. The zero-order chi connectivity index (χ0) is 12.8. The Bertz CT molecular complexity index is 502. The van der Waals surface area contributed by atoms with Gasteiger partial charge >= 0.3 is 0 Å². The third-order valence-electron chi connectivity index (χ3n) is 2.43. The van der Waals surface area contributed by atoms with Crippen molar-refractivity contribution in [2.45, 2.75) is 17.6 Å². The van der Waals surface area contributed by atoms with Gasteiger partial charge in [-0.25, -0.2) is 0 Å². The molecule has 2 rings (SSSR count). The van der Waals surface area contributed by atoms with Gasteiger partial charge in [0.1, 0.15) is 5.75 Å². The van der Waals surface area contributed by atoms with Crippen molar-refractivity contribution in [1.82, 2.24) is 4.98 Å². The predicted molar refractivity (Wildman–Crippen MR) is 75.8 cm³/mol. The van der Waals surface area contributed by atoms with Gasteiger partial charge in [-0.1, -0.05) is 0 Å². The quantitative estimate of drug-likeness (QED) is 0.661. The van der Waals surface area contributed by atoms with Gasteiger partial charge < -0.3 is 10.5 Å². The lowest BCUT2D eigenvalue weighted by molar-refractivity contribution is 0.337. The van der Waals surface area contributed by atoms with Crippen molar-refractivity contribution in [2.24, 2.45) is 0 Å². The Morgan fingerprint density at radius 2 is 2.00 bits per heavy atom. The summed E-state index contributed by atoms with van der Waals surface area (Å²) in [4.78, 5) is 5.19. The number of thioether (sulfide) groups is 1. The molecule has 1 aromatic heterocycles. The van der Waals surface area contributed by atoms with Gasteiger partial charge in [0, 0.05) is 34.3 Å². The van der Waals surface area contributed by atoms with E-state index in [1.165, 1.54) is 4.90 Å². The maximum Gasteiger partial charge on any atom is 0.123 e. The molecule has 0 bridgehead atoms. The van der Waals surface area contributed by atoms with Crippen LogP contribution in [0.1, 0.15) is 12.5 Å². The monoisotopic (exact) mass is 260 g/mol. The molecule has 2 N–H and O–H groups in total. The minimum absolute atomic E-state index is 0.664. The number of aromatic nitrogens is 1. The first-order valence-corrected chi connectivity index (χ1v) is 6.82. The lowest BCUT2D eigenvalue weighted by Gasteiger charge is -2.10. The summed E-state index contributed by atoms with van der Waals surface area (Å²) in [5.74, 6) is 1.75. The normalized spacial score (nSPS) is 10.3. The van der Waals surface area contributed by atoms with Crippen LogP contribution in [0.25, 0.3) is 0 Å². The summed E-state index contributed by atoms with van der Waals surface area (Å²) in [5.41, 5.74) is 7.71. The molecule has 0 aliphatic heterocycles. The summed E-state index contributed by atoms with van der Waals surface area (Å²) in [5, 5.41) is 0. The molecule has 0 saturated carbocycles. The van der Waals surface area contributed by atoms with Crippen molar-refractivity contribution < 1.29 is 4.74 Å². The molecule has 0 unspecified atom stereocenters. The molecule has 0 radical (unpaired) electrons. The second kappa shape index (κ2) is 6.31. The SMILES string of the molecule is CCOc1ccc(N)cc1CSc1ccncc1. The first kappa shape index (κ1) is 12.8. The zero-order valence-electron chi connectivity index (χ0n) is 10.3. The fourth-order valence-electron chi connectivity index (χ4n) is 1.60. The van der Waals surface area contributed by atoms with Crippen LogP contribution in [-0.2, 0) is 5.75 Å². The minimum Gasteiger partial charge on any atom is -0.494 e. The van der Waals surface area contributed by atoms with Gasteiger partial charge in [0.05, 0.1) is 6.61 Å². The van der Waals surface area contributed by atoms with Crippen LogP contribution in [0.3, 0.4) is 0 Å². The van der Waals surface area contributed by atoms with E-state index in [0.29, 0.717) is 6.61 Å². The van der Waals surface area contributed by atoms with Crippen LogP contribution in [0.4, 0.5) is 5.69 Å². The second-order valence-electron chi connectivity index (χ2n) is 3.77. The summed E-state index contributed by atoms with van der Waals surface area (Å²) < 4.78 is 5.60. The largest absolute Gasteiger partial charge is 0.494 e. The highest BCUT2D eigenvalue weighted by Gasteiger charge is 2.05. The Morgan fingerprint density at radius 3 is 2.72 bits per heavy atom. The summed E-state index contributed by atoms with van der Waals surface area (Å²) in [6.07, 6.45) is 3.59. The van der Waals surface area contributed by atoms with Crippen LogP contribution in [0.2, 0.25) is 0 Å². The third kappa shape index (κ3) is 3.40. The van der Waals surface area contributed by atoms with Crippen LogP contribution in [0.5, 0.6) is 5.75 Å². The van der Waals surface area contributed by atoms with Crippen molar-refractivity contribution in [2.75, 3.05) is 12.3 Å². The highest BCUT2D eigenvalue weighted by Crippen LogP contribution is 2.29. The second-order valence-corrected chi connectivity index (χ2v) is 4.82. The molecule has 0 saturated heterocycles. The van der Waals surface area contributed by atoms with E-state index in [4.69, 9.17) is 10.5 Å². The molecule has 94 valence electrons. The van der Waals surface area contributed by atoms with Crippen LogP contribution in [-0.4, -0.2) is 11.6 Å². The van der Waals surface area contributed by atoms with Crippen LogP contribution < -0.4 is 10.5 Å². The number of nitrogens with two attached hydrogens (primary N) is 1. The number of pyridine rings is 1. The van der Waals surface area contributed by atoms with Crippen LogP contribution in [0, 0.1) is 0 Å². The molecule has 0 spiro atoms. The van der Waals surface area contributed by atoms with E-state index in [1.54, 1.807) is 24.2 Å². The van der Waals surface area contributed by atoms with Crippen molar-refractivity contribution in [1.29, 1.82) is 0 Å². The first-order valence-electron chi connectivity index (χ1n) is 5.83. The number of ether oxygens (including phenoxy) is 1. The number of anilines is 1. The van der Waals surface area contributed by atoms with E-state index in [2.05, 4.69) is 4.98 Å². The molecule has 1 heterocycles. The minimum atomic E-state index is 0.664. The average Bonchev–Trinajstić information content (AvgIpc) is 2.40. The number of rotatable bonds is 5. The first-order chi connectivity index (χ1) is 8.79. The molecule has 4 heteroatoms. The molecular formula is C14H16N2OS. The predicted octanol–water partition coefficient (Wildman–Crippen LogP) is 3.35. The number of nitrogens with zero attached hydrogens (tertiary/aromatic N) is 1. The molecule has 2 aromatic rings. The van der Waals surface area contributed by atoms with Gasteiger partial charge in [-0.15, -0.1) is 11.8 Å². The van der Waals surface area contributed by atoms with Gasteiger partial charge in [0.15, 0.2) is 0 Å². The number of hydrogen-bond acceptors (Lipinski definition) is 4. The summed E-state index contributed by atoms with van der Waals surface area (Å²) >= 11 is 1.75. The standard InChI is InChI=1S/C14H16N2OS/c1-2-17-14-4-3-12(15)9-11(14)10-18-13-5-7-16-8-6-13/h3-9H,2,10,15H2,1H3. The summed E-state index contributed by atoms with van der Waals surface area (Å²) in [6.45, 7) is 2.65. The van der Waals surface area contributed by atoms with Crippen LogP contribution >= 0.6 is 11.8 Å². The molecule has 0 aliphatic carbocycles. The number of benzene rings is 1. The van der Waals surface area contributed by atoms with Crippen molar-refractivity contribution in [3.63, 3.8) is 0 Å². The van der Waals surface area contributed by atoms with Gasteiger partial charge in [-0.3, -0.25) is 4.98 Å². The highest BCUT2D eigenvalue weighted by molar-refractivity contribution is 7.98. The topological polar surface area (TPSA) is 48.1 Å². The Morgan fingerprint density at radius 1 is 1.22 bits per heavy atom. The molecule has 0 aliphatic rings. The Kier molecular flexibility index (Phi) is 4.47. The van der Waals surface area contributed by atoms with Gasteiger partial charge in [0.25, 0.3) is 0 Å². The molecule has 3 nitrogen and oxygen atoms in total. The lowest BCUT2D eigenvalue weighted by atomic mass is 10.2. The Hall–Kier alpha value is -1.68. The zero-order valence-corrected chi connectivity index (χ0v) is 11.1. The maximum atomic E-state index is 5.82. The van der Waals surface area contributed by atoms with E-state index in [-0.39, 0.29) is 0 Å². The molecule has 18 heavy (non-hydrogen) atoms. The summed E-state index contributed by atoms with van der Waals surface area (Å²) in [6, 6.07) is 9.76. The highest BCUT2D eigenvalue weighted by atomic mass is 32.2. The fourth-order valence-corrected chi connectivity index (χ4v) is 2.47. The van der Waals surface area contributed by atoms with Gasteiger partial charge in [-0.05, 0) is 37.3 Å². The average molecular weight is 260 g/mol. The molecule has 1 aromatic carbocycles. The number of nitrogen functional groups attached to an aromatic ring is 1. The fraction of sp³-hybridized carbons (Fsp3) is 0.214. The van der Waals surface area contributed by atoms with Crippen molar-refractivity contribution >= 4 is 17.4 Å². The maximum absolute atomic E-state index is 5.82. The van der Waals surface area contributed by atoms with Crippen molar-refractivity contribution in [3.8, 4) is 5.75 Å². The van der Waals surface area contributed by atoms with E-state index < -0.39 is 0 Å². The smallest absolute Gasteiger partial charge is 0.123 e. The van der Waals surface area contributed by atoms with Gasteiger partial charge in [0.2, 0.25) is 0 Å². The van der Waals surface area contributed by atoms with E-state index >= 15 is 0 Å². The third-order valence-corrected chi connectivity index (χ3v) is 3.49. The Balaban J connectivity index is 2.10. The molecule has 0 atom stereocenters. The van der Waals surface area contributed by atoms with E-state index in [0.717, 1.165) is 22.8 Å². The summed E-state index contributed by atoms with van der Waals surface area (Å²) in [7, 11) is 0. The van der Waals surface area contributed by atoms with Gasteiger partial charge in [-0.2, -0.15) is 0 Å². The molecule has 0 fully saturated rings. The Labute approximate surface area is 111 Å². The van der Waals surface area contributed by atoms with E-state index in [9.17, 15) is 0 Å². The van der Waals surface area contributed by atoms with Crippen molar-refractivity contribution in [3.05, 3.63) is 48.3 Å². The lowest BCUT2D eigenvalue weighted by Crippen LogP contribution is -1.97. The molecule has 0 amide bonds.